The van der Waals surface area contributed by atoms with E-state index in [1.165, 1.54) is 12.8 Å². The highest BCUT2D eigenvalue weighted by molar-refractivity contribution is 5.97. The van der Waals surface area contributed by atoms with Crippen molar-refractivity contribution in [2.75, 3.05) is 11.9 Å². The highest BCUT2D eigenvalue weighted by Crippen LogP contribution is 2.32. The summed E-state index contributed by atoms with van der Waals surface area (Å²) < 4.78 is 1.82. The highest BCUT2D eigenvalue weighted by Gasteiger charge is 2.35. The Morgan fingerprint density at radius 1 is 1.10 bits per heavy atom. The van der Waals surface area contributed by atoms with Gasteiger partial charge in [0.15, 0.2) is 0 Å². The van der Waals surface area contributed by atoms with Gasteiger partial charge in [0.1, 0.15) is 5.69 Å². The number of H-pyrrole nitrogens is 1. The van der Waals surface area contributed by atoms with Crippen LogP contribution in [0.3, 0.4) is 0 Å². The first-order valence-electron chi connectivity index (χ1n) is 10.4. The third-order valence-electron chi connectivity index (χ3n) is 6.48. The van der Waals surface area contributed by atoms with E-state index in [0.717, 1.165) is 40.7 Å². The molecule has 152 valence electrons. The topological polar surface area (TPSA) is 100 Å². The largest absolute Gasteiger partial charge is 0.339 e. The van der Waals surface area contributed by atoms with Gasteiger partial charge < -0.3 is 10.2 Å². The Morgan fingerprint density at radius 3 is 2.70 bits per heavy atom. The lowest BCUT2D eigenvalue weighted by Gasteiger charge is -2.35. The highest BCUT2D eigenvalue weighted by atomic mass is 15.3. The van der Waals surface area contributed by atoms with Gasteiger partial charge in [-0.25, -0.2) is 9.67 Å². The van der Waals surface area contributed by atoms with Crippen LogP contribution < -0.4 is 10.2 Å². The predicted octanol–water partition coefficient (Wildman–Crippen LogP) is 2.32. The summed E-state index contributed by atoms with van der Waals surface area (Å²) in [6.07, 6.45) is 12.1. The molecule has 0 saturated carbocycles. The van der Waals surface area contributed by atoms with Gasteiger partial charge in [-0.05, 0) is 43.9 Å². The van der Waals surface area contributed by atoms with Crippen LogP contribution in [0.4, 0.5) is 5.95 Å². The zero-order chi connectivity index (χ0) is 20.1. The molecule has 30 heavy (non-hydrogen) atoms. The van der Waals surface area contributed by atoms with Crippen molar-refractivity contribution >= 4 is 16.9 Å². The van der Waals surface area contributed by atoms with E-state index in [1.807, 2.05) is 41.5 Å². The zero-order valence-corrected chi connectivity index (χ0v) is 16.7. The predicted molar refractivity (Wildman–Crippen MR) is 113 cm³/mol. The molecule has 4 aromatic rings. The van der Waals surface area contributed by atoms with Gasteiger partial charge in [0.05, 0.1) is 23.6 Å². The summed E-state index contributed by atoms with van der Waals surface area (Å²) >= 11 is 0. The average molecular weight is 401 g/mol. The molecule has 1 aromatic carbocycles. The number of rotatable bonds is 4. The number of nitrogens with zero attached hydrogens (tertiary/aromatic N) is 7. The quantitative estimate of drug-likeness (QED) is 0.541. The summed E-state index contributed by atoms with van der Waals surface area (Å²) in [6.45, 7) is 0. The molecule has 9 heteroatoms. The molecule has 1 unspecified atom stereocenters. The number of nitrogens with one attached hydrogen (secondary N) is 2. The van der Waals surface area contributed by atoms with Gasteiger partial charge in [-0.1, -0.05) is 0 Å². The van der Waals surface area contributed by atoms with E-state index >= 15 is 0 Å². The Bertz CT molecular complexity index is 1150. The van der Waals surface area contributed by atoms with Crippen LogP contribution in [0.2, 0.25) is 0 Å². The van der Waals surface area contributed by atoms with Gasteiger partial charge in [0, 0.05) is 48.5 Å². The molecular weight excluding hydrogens is 378 g/mol. The molecule has 3 aromatic heterocycles. The Kier molecular flexibility index (Phi) is 4.02. The number of aromatic amines is 1. The third-order valence-corrected chi connectivity index (χ3v) is 6.48. The Hall–Kier alpha value is -3.33. The number of aromatic nitrogens is 7. The second-order valence-corrected chi connectivity index (χ2v) is 8.26. The molecule has 2 N–H and O–H groups in total. The van der Waals surface area contributed by atoms with Crippen LogP contribution in [0, 0.1) is 0 Å². The van der Waals surface area contributed by atoms with E-state index < -0.39 is 0 Å². The minimum absolute atomic E-state index is 0.463. The fourth-order valence-electron chi connectivity index (χ4n) is 4.91. The summed E-state index contributed by atoms with van der Waals surface area (Å²) in [5.74, 6) is 0.682. The maximum absolute atomic E-state index is 4.65. The maximum atomic E-state index is 4.65. The van der Waals surface area contributed by atoms with Gasteiger partial charge in [0.25, 0.3) is 0 Å². The number of hydrogen-bond donors (Lipinski definition) is 2. The average Bonchev–Trinajstić information content (AvgIpc) is 3.54. The molecule has 2 aliphatic heterocycles. The second kappa shape index (κ2) is 6.88. The van der Waals surface area contributed by atoms with Gasteiger partial charge in [-0.3, -0.25) is 5.10 Å². The lowest BCUT2D eigenvalue weighted by atomic mass is 9.99. The van der Waals surface area contributed by atoms with Crippen LogP contribution in [-0.2, 0) is 0 Å². The van der Waals surface area contributed by atoms with Crippen molar-refractivity contribution in [3.8, 4) is 16.9 Å². The van der Waals surface area contributed by atoms with Crippen molar-refractivity contribution in [3.05, 3.63) is 43.0 Å². The van der Waals surface area contributed by atoms with Crippen LogP contribution in [-0.4, -0.2) is 60.3 Å². The van der Waals surface area contributed by atoms with Gasteiger partial charge in [-0.15, -0.1) is 10.2 Å². The van der Waals surface area contributed by atoms with E-state index in [0.29, 0.717) is 24.1 Å². The molecular formula is C21H23N9. The molecule has 5 heterocycles. The molecule has 9 nitrogen and oxygen atoms in total. The monoisotopic (exact) mass is 401 g/mol. The Balaban J connectivity index is 1.30. The van der Waals surface area contributed by atoms with Crippen molar-refractivity contribution in [2.45, 2.75) is 43.8 Å². The molecule has 0 spiro atoms. The molecule has 0 aliphatic carbocycles. The first-order valence-corrected chi connectivity index (χ1v) is 10.4. The number of benzene rings is 1. The molecule has 3 atom stereocenters. The van der Waals surface area contributed by atoms with E-state index in [2.05, 4.69) is 47.7 Å². The number of fused-ring (bicyclic) bond motifs is 3. The van der Waals surface area contributed by atoms with Crippen LogP contribution in [0.25, 0.3) is 27.8 Å². The lowest BCUT2D eigenvalue weighted by molar-refractivity contribution is 0.352. The summed E-state index contributed by atoms with van der Waals surface area (Å²) in [5.41, 5.74) is 3.53. The molecule has 2 fully saturated rings. The first kappa shape index (κ1) is 17.5. The molecule has 0 radical (unpaired) electrons. The van der Waals surface area contributed by atoms with Crippen LogP contribution in [0.1, 0.15) is 25.7 Å². The summed E-state index contributed by atoms with van der Waals surface area (Å²) in [5, 5.41) is 25.3. The van der Waals surface area contributed by atoms with Crippen molar-refractivity contribution < 1.29 is 0 Å². The third kappa shape index (κ3) is 2.85. The normalized spacial score (nSPS) is 23.2. The maximum Gasteiger partial charge on any atom is 0.245 e. The SMILES string of the molecule is CN(c1ncc(-c2ccc(-n3cccn3)c3[nH]ncc23)nn1)C1C[C@H]2CC[C@@H](C1)N2. The fraction of sp³-hybridized carbons (Fsp3) is 0.381. The summed E-state index contributed by atoms with van der Waals surface area (Å²) in [6, 6.07) is 7.65. The number of anilines is 1. The van der Waals surface area contributed by atoms with Gasteiger partial charge in [0.2, 0.25) is 5.95 Å². The zero-order valence-electron chi connectivity index (χ0n) is 16.7. The second-order valence-electron chi connectivity index (χ2n) is 8.26. The Labute approximate surface area is 173 Å². The van der Waals surface area contributed by atoms with Crippen LogP contribution in [0.5, 0.6) is 0 Å². The van der Waals surface area contributed by atoms with E-state index in [1.54, 1.807) is 6.20 Å². The molecule has 6 rings (SSSR count). The smallest absolute Gasteiger partial charge is 0.245 e. The minimum Gasteiger partial charge on any atom is -0.339 e. The van der Waals surface area contributed by atoms with Gasteiger partial charge in [-0.2, -0.15) is 10.2 Å². The molecule has 2 saturated heterocycles. The number of hydrogen-bond acceptors (Lipinski definition) is 7. The molecule has 2 bridgehead atoms. The van der Waals surface area contributed by atoms with Crippen molar-refractivity contribution in [1.29, 1.82) is 0 Å². The fourth-order valence-corrected chi connectivity index (χ4v) is 4.91. The van der Waals surface area contributed by atoms with Gasteiger partial charge >= 0.3 is 0 Å². The molecule has 2 aliphatic rings. The molecule has 0 amide bonds. The van der Waals surface area contributed by atoms with Crippen molar-refractivity contribution in [1.82, 2.24) is 40.5 Å². The number of piperidine rings is 1. The Morgan fingerprint density at radius 2 is 1.97 bits per heavy atom. The van der Waals surface area contributed by atoms with Crippen molar-refractivity contribution in [3.63, 3.8) is 0 Å². The first-order chi connectivity index (χ1) is 14.8. The van der Waals surface area contributed by atoms with Crippen LogP contribution in [0.15, 0.2) is 43.0 Å². The van der Waals surface area contributed by atoms with Crippen LogP contribution >= 0.6 is 0 Å². The lowest BCUT2D eigenvalue weighted by Crippen LogP contribution is -2.47. The summed E-state index contributed by atoms with van der Waals surface area (Å²) in [7, 11) is 2.08. The minimum atomic E-state index is 0.463. The van der Waals surface area contributed by atoms with E-state index in [-0.39, 0.29) is 0 Å². The van der Waals surface area contributed by atoms with Crippen molar-refractivity contribution in [2.24, 2.45) is 0 Å². The van der Waals surface area contributed by atoms with E-state index in [9.17, 15) is 0 Å². The van der Waals surface area contributed by atoms with E-state index in [4.69, 9.17) is 0 Å². The standard InChI is InChI=1S/C21H23N9/c1-29(15-9-13-3-4-14(10-15)25-13)21-22-12-18(26-28-21)16-5-6-19(30-8-2-7-24-30)20-17(16)11-23-27-20/h2,5-8,11-15,25H,3-4,9-10H2,1H3,(H,23,27)/t13-,14+,15?. The summed E-state index contributed by atoms with van der Waals surface area (Å²) in [4.78, 5) is 6.84.